The smallest absolute Gasteiger partial charge is 0.234 e. The number of carbonyl (C=O) groups is 1. The number of nitrogens with one attached hydrogen (secondary N) is 1. The third-order valence-electron chi connectivity index (χ3n) is 3.77. The monoisotopic (exact) mass is 397 g/mol. The molecule has 8 heteroatoms. The molecule has 0 spiro atoms. The summed E-state index contributed by atoms with van der Waals surface area (Å²) in [4.78, 5) is 12.2. The number of aromatic nitrogens is 4. The molecular weight excluding hydrogens is 374 g/mol. The number of tetrazole rings is 1. The molecule has 0 saturated heterocycles. The number of carbonyl (C=O) groups excluding carboxylic acids is 1. The van der Waals surface area contributed by atoms with Gasteiger partial charge in [-0.15, -0.1) is 5.10 Å². The molecule has 3 aromatic rings. The van der Waals surface area contributed by atoms with Crippen molar-refractivity contribution in [2.75, 3.05) is 11.1 Å². The lowest BCUT2D eigenvalue weighted by Gasteiger charge is -2.19. The Balaban J connectivity index is 1.54. The summed E-state index contributed by atoms with van der Waals surface area (Å²) in [5.74, 6) is 1.59. The second kappa shape index (κ2) is 8.43. The number of ether oxygens (including phenoxy) is 1. The van der Waals surface area contributed by atoms with Crippen molar-refractivity contribution in [2.24, 2.45) is 0 Å². The molecule has 0 unspecified atom stereocenters. The lowest BCUT2D eigenvalue weighted by molar-refractivity contribution is -0.113. The van der Waals surface area contributed by atoms with Crippen LogP contribution in [0, 0.1) is 6.92 Å². The second-order valence-electron chi connectivity index (χ2n) is 7.32. The lowest BCUT2D eigenvalue weighted by atomic mass is 10.1. The van der Waals surface area contributed by atoms with E-state index in [1.165, 1.54) is 11.8 Å². The van der Waals surface area contributed by atoms with Crippen LogP contribution in [-0.4, -0.2) is 31.9 Å². The normalized spacial score (nSPS) is 11.3. The van der Waals surface area contributed by atoms with Gasteiger partial charge in [-0.3, -0.25) is 4.79 Å². The highest BCUT2D eigenvalue weighted by atomic mass is 32.2. The Morgan fingerprint density at radius 3 is 2.57 bits per heavy atom. The zero-order valence-electron chi connectivity index (χ0n) is 16.3. The van der Waals surface area contributed by atoms with E-state index >= 15 is 0 Å². The van der Waals surface area contributed by atoms with Gasteiger partial charge in [-0.05, 0) is 80.1 Å². The van der Waals surface area contributed by atoms with E-state index < -0.39 is 0 Å². The van der Waals surface area contributed by atoms with Gasteiger partial charge in [0.2, 0.25) is 11.1 Å². The Morgan fingerprint density at radius 1 is 1.14 bits per heavy atom. The van der Waals surface area contributed by atoms with E-state index in [2.05, 4.69) is 20.8 Å². The summed E-state index contributed by atoms with van der Waals surface area (Å²) >= 11 is 1.30. The van der Waals surface area contributed by atoms with Gasteiger partial charge in [-0.1, -0.05) is 23.9 Å². The number of nitrogens with zero attached hydrogens (tertiary/aromatic N) is 4. The first-order valence-electron chi connectivity index (χ1n) is 8.87. The van der Waals surface area contributed by atoms with Crippen LogP contribution in [0.1, 0.15) is 26.3 Å². The number of hydrogen-bond donors (Lipinski definition) is 1. The molecule has 0 fully saturated rings. The van der Waals surface area contributed by atoms with Gasteiger partial charge in [0.05, 0.1) is 11.3 Å². The molecule has 28 heavy (non-hydrogen) atoms. The average molecular weight is 398 g/mol. The fourth-order valence-electron chi connectivity index (χ4n) is 2.44. The van der Waals surface area contributed by atoms with Crippen molar-refractivity contribution in [3.63, 3.8) is 0 Å². The molecule has 1 aromatic heterocycles. The summed E-state index contributed by atoms with van der Waals surface area (Å²) in [6.45, 7) is 8.04. The van der Waals surface area contributed by atoms with Crippen LogP contribution in [0.15, 0.2) is 53.7 Å². The summed E-state index contributed by atoms with van der Waals surface area (Å²) in [5, 5.41) is 15.2. The fourth-order valence-corrected chi connectivity index (χ4v) is 3.30. The molecule has 0 saturated carbocycles. The number of amides is 1. The highest BCUT2D eigenvalue weighted by Gasteiger charge is 2.20. The molecule has 1 heterocycles. The standard InChI is InChI=1S/C20H23N5O2S/c1-14-6-5-7-17(12-14)27-16-10-8-15(9-11-16)21-18(26)13-28-19-22-23-24-25(19)20(2,3)4/h5-12H,13H2,1-4H3,(H,21,26). The lowest BCUT2D eigenvalue weighted by Crippen LogP contribution is -2.24. The first kappa shape index (κ1) is 19.9. The number of thioether (sulfide) groups is 1. The molecule has 0 radical (unpaired) electrons. The van der Waals surface area contributed by atoms with Gasteiger partial charge < -0.3 is 10.1 Å². The van der Waals surface area contributed by atoms with E-state index in [-0.39, 0.29) is 17.2 Å². The molecule has 1 N–H and O–H groups in total. The van der Waals surface area contributed by atoms with Crippen molar-refractivity contribution in [2.45, 2.75) is 38.4 Å². The SMILES string of the molecule is Cc1cccc(Oc2ccc(NC(=O)CSc3nnnn3C(C)(C)C)cc2)c1. The molecule has 2 aromatic carbocycles. The maximum Gasteiger partial charge on any atom is 0.234 e. The Morgan fingerprint density at radius 2 is 1.89 bits per heavy atom. The zero-order chi connectivity index (χ0) is 20.1. The van der Waals surface area contributed by atoms with Crippen molar-refractivity contribution in [1.29, 1.82) is 0 Å². The van der Waals surface area contributed by atoms with Crippen molar-refractivity contribution in [3.05, 3.63) is 54.1 Å². The van der Waals surface area contributed by atoms with Gasteiger partial charge in [-0.25, -0.2) is 4.68 Å². The topological polar surface area (TPSA) is 81.9 Å². The molecule has 0 aliphatic rings. The van der Waals surface area contributed by atoms with Crippen LogP contribution in [0.3, 0.4) is 0 Å². The minimum absolute atomic E-state index is 0.124. The fraction of sp³-hybridized carbons (Fsp3) is 0.300. The van der Waals surface area contributed by atoms with Gasteiger partial charge in [0, 0.05) is 5.69 Å². The van der Waals surface area contributed by atoms with Crippen LogP contribution >= 0.6 is 11.8 Å². The van der Waals surface area contributed by atoms with E-state index in [9.17, 15) is 4.79 Å². The number of benzene rings is 2. The maximum absolute atomic E-state index is 12.2. The molecule has 1 amide bonds. The van der Waals surface area contributed by atoms with Crippen LogP contribution < -0.4 is 10.1 Å². The summed E-state index contributed by atoms with van der Waals surface area (Å²) in [5.41, 5.74) is 1.60. The Bertz CT molecular complexity index is 948. The Hall–Kier alpha value is -2.87. The molecular formula is C20H23N5O2S. The molecule has 3 rings (SSSR count). The van der Waals surface area contributed by atoms with Crippen LogP contribution in [0.25, 0.3) is 0 Å². The predicted molar refractivity (Wildman–Crippen MR) is 110 cm³/mol. The number of hydrogen-bond acceptors (Lipinski definition) is 6. The minimum atomic E-state index is -0.241. The minimum Gasteiger partial charge on any atom is -0.457 e. The molecule has 0 aliphatic carbocycles. The van der Waals surface area contributed by atoms with E-state index in [0.29, 0.717) is 16.6 Å². The maximum atomic E-state index is 12.2. The van der Waals surface area contributed by atoms with Gasteiger partial charge in [0.15, 0.2) is 0 Å². The number of anilines is 1. The van der Waals surface area contributed by atoms with Crippen molar-refractivity contribution in [1.82, 2.24) is 20.2 Å². The van der Waals surface area contributed by atoms with Gasteiger partial charge in [-0.2, -0.15) is 0 Å². The van der Waals surface area contributed by atoms with E-state index in [1.807, 2.05) is 76.2 Å². The third kappa shape index (κ3) is 5.32. The molecule has 0 aliphatic heterocycles. The number of rotatable bonds is 6. The Labute approximate surface area is 168 Å². The highest BCUT2D eigenvalue weighted by Crippen LogP contribution is 2.24. The summed E-state index contributed by atoms with van der Waals surface area (Å²) in [6, 6.07) is 15.1. The summed E-state index contributed by atoms with van der Waals surface area (Å²) < 4.78 is 7.53. The Kier molecular flexibility index (Phi) is 5.99. The first-order valence-corrected chi connectivity index (χ1v) is 9.86. The zero-order valence-corrected chi connectivity index (χ0v) is 17.2. The van der Waals surface area contributed by atoms with Crippen LogP contribution in [0.2, 0.25) is 0 Å². The van der Waals surface area contributed by atoms with Crippen LogP contribution in [0.4, 0.5) is 5.69 Å². The molecule has 7 nitrogen and oxygen atoms in total. The van der Waals surface area contributed by atoms with E-state index in [4.69, 9.17) is 4.74 Å². The largest absolute Gasteiger partial charge is 0.457 e. The van der Waals surface area contributed by atoms with Crippen LogP contribution in [0.5, 0.6) is 11.5 Å². The molecule has 0 bridgehead atoms. The van der Waals surface area contributed by atoms with Gasteiger partial charge in [0.1, 0.15) is 11.5 Å². The van der Waals surface area contributed by atoms with E-state index in [1.54, 1.807) is 4.68 Å². The van der Waals surface area contributed by atoms with Gasteiger partial charge >= 0.3 is 0 Å². The number of aryl methyl sites for hydroxylation is 1. The predicted octanol–water partition coefficient (Wildman–Crippen LogP) is 4.26. The molecule has 0 atom stereocenters. The quantitative estimate of drug-likeness (QED) is 0.626. The second-order valence-corrected chi connectivity index (χ2v) is 8.27. The average Bonchev–Trinajstić information content (AvgIpc) is 3.11. The summed E-state index contributed by atoms with van der Waals surface area (Å²) in [6.07, 6.45) is 0. The van der Waals surface area contributed by atoms with Crippen molar-refractivity contribution < 1.29 is 9.53 Å². The first-order chi connectivity index (χ1) is 13.3. The van der Waals surface area contributed by atoms with E-state index in [0.717, 1.165) is 11.3 Å². The van der Waals surface area contributed by atoms with Crippen molar-refractivity contribution >= 4 is 23.4 Å². The summed E-state index contributed by atoms with van der Waals surface area (Å²) in [7, 11) is 0. The van der Waals surface area contributed by atoms with Gasteiger partial charge in [0.25, 0.3) is 0 Å². The van der Waals surface area contributed by atoms with Crippen molar-refractivity contribution in [3.8, 4) is 11.5 Å². The van der Waals surface area contributed by atoms with Crippen LogP contribution in [-0.2, 0) is 10.3 Å². The third-order valence-corrected chi connectivity index (χ3v) is 4.69. The highest BCUT2D eigenvalue weighted by molar-refractivity contribution is 7.99. The molecule has 146 valence electrons.